The molecular weight excluding hydrogens is 212 g/mol. The van der Waals surface area contributed by atoms with Crippen LogP contribution in [0.4, 0.5) is 0 Å². The van der Waals surface area contributed by atoms with Crippen LogP contribution in [0.1, 0.15) is 30.3 Å². The summed E-state index contributed by atoms with van der Waals surface area (Å²) in [4.78, 5) is 0. The summed E-state index contributed by atoms with van der Waals surface area (Å²) in [6, 6.07) is 8.86. The van der Waals surface area contributed by atoms with Crippen molar-refractivity contribution in [3.63, 3.8) is 0 Å². The number of benzene rings is 1. The first kappa shape index (κ1) is 10.5. The second-order valence-electron chi connectivity index (χ2n) is 4.57. The Morgan fingerprint density at radius 2 is 1.94 bits per heavy atom. The molecular formula is C13H16N4. The van der Waals surface area contributed by atoms with Gasteiger partial charge < -0.3 is 10.3 Å². The molecule has 0 aliphatic heterocycles. The number of hydrogen-bond acceptors (Lipinski definition) is 3. The maximum absolute atomic E-state index is 5.60. The summed E-state index contributed by atoms with van der Waals surface area (Å²) in [6.07, 6.45) is 2.49. The first-order valence-corrected chi connectivity index (χ1v) is 6.00. The van der Waals surface area contributed by atoms with Crippen molar-refractivity contribution in [1.29, 1.82) is 0 Å². The number of aromatic nitrogens is 3. The second kappa shape index (κ2) is 3.96. The summed E-state index contributed by atoms with van der Waals surface area (Å²) < 4.78 is 2.25. The van der Waals surface area contributed by atoms with Gasteiger partial charge in [0.25, 0.3) is 0 Å². The van der Waals surface area contributed by atoms with Gasteiger partial charge in [-0.25, -0.2) is 0 Å². The van der Waals surface area contributed by atoms with Crippen molar-refractivity contribution >= 4 is 0 Å². The Morgan fingerprint density at radius 3 is 2.53 bits per heavy atom. The molecule has 1 aromatic heterocycles. The lowest BCUT2D eigenvalue weighted by Gasteiger charge is -2.07. The molecule has 2 aromatic rings. The largest absolute Gasteiger partial charge is 0.326 e. The SMILES string of the molecule is Cc1nnc(-c2ccc(CN)cc2)n1C1CC1. The highest BCUT2D eigenvalue weighted by Crippen LogP contribution is 2.38. The van der Waals surface area contributed by atoms with Gasteiger partial charge in [0.2, 0.25) is 0 Å². The summed E-state index contributed by atoms with van der Waals surface area (Å²) in [5, 5.41) is 8.47. The Hall–Kier alpha value is -1.68. The molecule has 0 atom stereocenters. The summed E-state index contributed by atoms with van der Waals surface area (Å²) in [6.45, 7) is 2.59. The zero-order valence-corrected chi connectivity index (χ0v) is 9.93. The predicted octanol–water partition coefficient (Wildman–Crippen LogP) is 2.05. The third kappa shape index (κ3) is 1.85. The van der Waals surface area contributed by atoms with Crippen LogP contribution in [0, 0.1) is 6.92 Å². The average molecular weight is 228 g/mol. The van der Waals surface area contributed by atoms with E-state index in [-0.39, 0.29) is 0 Å². The minimum absolute atomic E-state index is 0.578. The molecule has 3 rings (SSSR count). The maximum Gasteiger partial charge on any atom is 0.164 e. The highest BCUT2D eigenvalue weighted by Gasteiger charge is 2.28. The van der Waals surface area contributed by atoms with E-state index in [9.17, 15) is 0 Å². The van der Waals surface area contributed by atoms with Gasteiger partial charge in [-0.15, -0.1) is 10.2 Å². The molecule has 0 radical (unpaired) electrons. The minimum Gasteiger partial charge on any atom is -0.326 e. The summed E-state index contributed by atoms with van der Waals surface area (Å²) in [5.74, 6) is 1.99. The zero-order chi connectivity index (χ0) is 11.8. The standard InChI is InChI=1S/C13H16N4/c1-9-15-16-13(17(9)12-6-7-12)11-4-2-10(8-14)3-5-11/h2-5,12H,6-8,14H2,1H3. The summed E-state index contributed by atoms with van der Waals surface area (Å²) >= 11 is 0. The van der Waals surface area contributed by atoms with Crippen molar-refractivity contribution in [1.82, 2.24) is 14.8 Å². The van der Waals surface area contributed by atoms with Crippen molar-refractivity contribution in [2.45, 2.75) is 32.4 Å². The van der Waals surface area contributed by atoms with E-state index in [1.54, 1.807) is 0 Å². The van der Waals surface area contributed by atoms with Gasteiger partial charge in [-0.3, -0.25) is 0 Å². The van der Waals surface area contributed by atoms with Crippen LogP contribution in [0.3, 0.4) is 0 Å². The first-order chi connectivity index (χ1) is 8.29. The van der Waals surface area contributed by atoms with Gasteiger partial charge in [0.15, 0.2) is 5.82 Å². The highest BCUT2D eigenvalue weighted by molar-refractivity contribution is 5.56. The van der Waals surface area contributed by atoms with Crippen molar-refractivity contribution in [3.05, 3.63) is 35.7 Å². The van der Waals surface area contributed by atoms with Crippen LogP contribution < -0.4 is 5.73 Å². The van der Waals surface area contributed by atoms with Crippen LogP contribution in [0.25, 0.3) is 11.4 Å². The molecule has 1 aliphatic rings. The number of nitrogens with zero attached hydrogens (tertiary/aromatic N) is 3. The van der Waals surface area contributed by atoms with Crippen LogP contribution in [0.2, 0.25) is 0 Å². The van der Waals surface area contributed by atoms with Crippen molar-refractivity contribution in [3.8, 4) is 11.4 Å². The lowest BCUT2D eigenvalue weighted by atomic mass is 10.1. The van der Waals surface area contributed by atoms with Crippen LogP contribution >= 0.6 is 0 Å². The molecule has 1 aliphatic carbocycles. The molecule has 1 saturated carbocycles. The Balaban J connectivity index is 2.02. The highest BCUT2D eigenvalue weighted by atomic mass is 15.3. The molecule has 0 bridgehead atoms. The Bertz CT molecular complexity index is 523. The molecule has 1 heterocycles. The molecule has 1 aromatic carbocycles. The van der Waals surface area contributed by atoms with Gasteiger partial charge >= 0.3 is 0 Å². The van der Waals surface area contributed by atoms with E-state index in [2.05, 4.69) is 39.0 Å². The van der Waals surface area contributed by atoms with E-state index in [1.807, 2.05) is 6.92 Å². The Kier molecular flexibility index (Phi) is 2.44. The molecule has 2 N–H and O–H groups in total. The van der Waals surface area contributed by atoms with E-state index in [0.29, 0.717) is 12.6 Å². The Morgan fingerprint density at radius 1 is 1.24 bits per heavy atom. The van der Waals surface area contributed by atoms with E-state index < -0.39 is 0 Å². The molecule has 0 amide bonds. The van der Waals surface area contributed by atoms with Crippen molar-refractivity contribution in [2.75, 3.05) is 0 Å². The Labute approximate surface area is 100 Å². The number of aryl methyl sites for hydroxylation is 1. The third-order valence-electron chi connectivity index (χ3n) is 3.23. The predicted molar refractivity (Wildman–Crippen MR) is 66.4 cm³/mol. The summed E-state index contributed by atoms with van der Waals surface area (Å²) in [5.41, 5.74) is 7.86. The van der Waals surface area contributed by atoms with Gasteiger partial charge in [0.05, 0.1) is 0 Å². The first-order valence-electron chi connectivity index (χ1n) is 6.00. The monoisotopic (exact) mass is 228 g/mol. The number of nitrogens with two attached hydrogens (primary N) is 1. The third-order valence-corrected chi connectivity index (χ3v) is 3.23. The van der Waals surface area contributed by atoms with Crippen molar-refractivity contribution in [2.24, 2.45) is 5.73 Å². The van der Waals surface area contributed by atoms with Gasteiger partial charge in [0.1, 0.15) is 5.82 Å². The molecule has 0 saturated heterocycles. The smallest absolute Gasteiger partial charge is 0.164 e. The fourth-order valence-corrected chi connectivity index (χ4v) is 2.13. The number of hydrogen-bond donors (Lipinski definition) is 1. The van der Waals surface area contributed by atoms with E-state index >= 15 is 0 Å². The van der Waals surface area contributed by atoms with Gasteiger partial charge in [-0.2, -0.15) is 0 Å². The molecule has 0 spiro atoms. The van der Waals surface area contributed by atoms with E-state index in [1.165, 1.54) is 12.8 Å². The molecule has 4 heteroatoms. The number of rotatable bonds is 3. The molecule has 1 fully saturated rings. The van der Waals surface area contributed by atoms with Crippen LogP contribution in [-0.2, 0) is 6.54 Å². The lowest BCUT2D eigenvalue weighted by Crippen LogP contribution is -2.00. The zero-order valence-electron chi connectivity index (χ0n) is 9.93. The summed E-state index contributed by atoms with van der Waals surface area (Å²) in [7, 11) is 0. The fraction of sp³-hybridized carbons (Fsp3) is 0.385. The molecule has 88 valence electrons. The topological polar surface area (TPSA) is 56.7 Å². The minimum atomic E-state index is 0.578. The normalized spacial score (nSPS) is 15.2. The van der Waals surface area contributed by atoms with Gasteiger partial charge in [-0.1, -0.05) is 24.3 Å². The average Bonchev–Trinajstić information content (AvgIpc) is 3.13. The maximum atomic E-state index is 5.60. The lowest BCUT2D eigenvalue weighted by molar-refractivity contribution is 0.717. The van der Waals surface area contributed by atoms with Crippen LogP contribution in [-0.4, -0.2) is 14.8 Å². The molecule has 17 heavy (non-hydrogen) atoms. The van der Waals surface area contributed by atoms with E-state index in [0.717, 1.165) is 22.8 Å². The van der Waals surface area contributed by atoms with Gasteiger partial charge in [-0.05, 0) is 25.3 Å². The fourth-order valence-electron chi connectivity index (χ4n) is 2.13. The molecule has 4 nitrogen and oxygen atoms in total. The van der Waals surface area contributed by atoms with Crippen molar-refractivity contribution < 1.29 is 0 Å². The molecule has 0 unspecified atom stereocenters. The van der Waals surface area contributed by atoms with Gasteiger partial charge in [0, 0.05) is 18.2 Å². The second-order valence-corrected chi connectivity index (χ2v) is 4.57. The van der Waals surface area contributed by atoms with Crippen LogP contribution in [0.15, 0.2) is 24.3 Å². The van der Waals surface area contributed by atoms with E-state index in [4.69, 9.17) is 5.73 Å². The van der Waals surface area contributed by atoms with Crippen LogP contribution in [0.5, 0.6) is 0 Å². The quantitative estimate of drug-likeness (QED) is 0.874.